The predicted molar refractivity (Wildman–Crippen MR) is 136 cm³/mol. The number of pyridine rings is 1. The van der Waals surface area contributed by atoms with Gasteiger partial charge in [0.05, 0.1) is 0 Å². The lowest BCUT2D eigenvalue weighted by atomic mass is 9.92. The normalized spacial score (nSPS) is 20.3. The molecule has 1 saturated heterocycles. The van der Waals surface area contributed by atoms with Crippen molar-refractivity contribution in [2.75, 3.05) is 11.4 Å². The minimum absolute atomic E-state index is 0.107. The van der Waals surface area contributed by atoms with Gasteiger partial charge in [-0.3, -0.25) is 9.59 Å². The summed E-state index contributed by atoms with van der Waals surface area (Å²) >= 11 is 0. The number of aryl methyl sites for hydroxylation is 2. The number of piperidine rings is 1. The number of hydrogen-bond acceptors (Lipinski definition) is 4. The van der Waals surface area contributed by atoms with Crippen LogP contribution in [0.2, 0.25) is 0 Å². The van der Waals surface area contributed by atoms with Crippen LogP contribution in [0, 0.1) is 19.7 Å². The largest absolute Gasteiger partial charge is 0.368 e. The number of aromatic amines is 1. The molecule has 1 fully saturated rings. The Balaban J connectivity index is 1.87. The van der Waals surface area contributed by atoms with Crippen LogP contribution in [0.15, 0.2) is 23.0 Å². The maximum absolute atomic E-state index is 14.7. The molecule has 0 bridgehead atoms. The fourth-order valence-electron chi connectivity index (χ4n) is 5.35. The number of aromatic nitrogens is 1. The van der Waals surface area contributed by atoms with Crippen LogP contribution in [0.4, 0.5) is 10.1 Å². The molecule has 0 radical (unpaired) electrons. The summed E-state index contributed by atoms with van der Waals surface area (Å²) in [5.74, 6) is -0.803. The number of carbonyl (C=O) groups excluding carboxylic acids is 1. The van der Waals surface area contributed by atoms with Crippen LogP contribution in [-0.2, 0) is 13.0 Å². The molecule has 0 saturated carbocycles. The number of anilines is 1. The first-order chi connectivity index (χ1) is 16.1. The van der Waals surface area contributed by atoms with Crippen molar-refractivity contribution in [2.24, 2.45) is 0 Å². The van der Waals surface area contributed by atoms with Crippen molar-refractivity contribution in [1.82, 2.24) is 15.6 Å². The van der Waals surface area contributed by atoms with Crippen molar-refractivity contribution >= 4 is 11.6 Å². The van der Waals surface area contributed by atoms with Crippen LogP contribution in [0.25, 0.3) is 0 Å². The Morgan fingerprint density at radius 3 is 2.44 bits per heavy atom. The molecule has 2 atom stereocenters. The third-order valence-corrected chi connectivity index (χ3v) is 6.81. The van der Waals surface area contributed by atoms with E-state index in [0.29, 0.717) is 23.2 Å². The summed E-state index contributed by atoms with van der Waals surface area (Å²) in [4.78, 5) is 30.7. The van der Waals surface area contributed by atoms with E-state index in [-0.39, 0.29) is 24.1 Å². The van der Waals surface area contributed by atoms with E-state index in [0.717, 1.165) is 54.7 Å². The van der Waals surface area contributed by atoms with E-state index in [1.54, 1.807) is 0 Å². The van der Waals surface area contributed by atoms with E-state index < -0.39 is 5.82 Å². The number of benzene rings is 1. The molecule has 3 N–H and O–H groups in total. The molecule has 2 unspecified atom stereocenters. The summed E-state index contributed by atoms with van der Waals surface area (Å²) in [5, 5.41) is 6.42. The fourth-order valence-corrected chi connectivity index (χ4v) is 5.35. The molecule has 1 amide bonds. The highest BCUT2D eigenvalue weighted by Gasteiger charge is 2.29. The maximum atomic E-state index is 14.7. The van der Waals surface area contributed by atoms with Crippen molar-refractivity contribution in [3.05, 3.63) is 62.3 Å². The van der Waals surface area contributed by atoms with Gasteiger partial charge in [-0.25, -0.2) is 4.39 Å². The molecular weight excluding hydrogens is 431 g/mol. The van der Waals surface area contributed by atoms with Crippen LogP contribution in [0.3, 0.4) is 0 Å². The number of amides is 1. The number of H-pyrrole nitrogens is 1. The standard InChI is InChI=1S/C27H39FN4O2/c1-7-9-20-10-16(3)31-27(34)24(20)15-29-26(33)23-13-21(28)14-25(19(23)6)32(8-2)22-11-17(4)30-18(5)12-22/h10,13-14,17-18,22,30H,7-9,11-12,15H2,1-6H3,(H,29,33)(H,31,34). The summed E-state index contributed by atoms with van der Waals surface area (Å²) < 4.78 is 14.7. The number of hydrogen-bond donors (Lipinski definition) is 3. The third-order valence-electron chi connectivity index (χ3n) is 6.81. The Bertz CT molecular complexity index is 1070. The molecule has 1 aliphatic rings. The van der Waals surface area contributed by atoms with Gasteiger partial charge in [-0.05, 0) is 83.2 Å². The van der Waals surface area contributed by atoms with Crippen LogP contribution in [-0.4, -0.2) is 35.6 Å². The zero-order valence-corrected chi connectivity index (χ0v) is 21.3. The lowest BCUT2D eigenvalue weighted by Gasteiger charge is -2.41. The van der Waals surface area contributed by atoms with E-state index in [9.17, 15) is 14.0 Å². The van der Waals surface area contributed by atoms with Gasteiger partial charge >= 0.3 is 0 Å². The van der Waals surface area contributed by atoms with E-state index in [1.807, 2.05) is 19.9 Å². The Kier molecular flexibility index (Phi) is 8.52. The zero-order valence-electron chi connectivity index (χ0n) is 21.3. The molecule has 0 aliphatic carbocycles. The molecule has 2 heterocycles. The highest BCUT2D eigenvalue weighted by atomic mass is 19.1. The summed E-state index contributed by atoms with van der Waals surface area (Å²) in [5.41, 5.74) is 3.94. The van der Waals surface area contributed by atoms with Crippen LogP contribution in [0.5, 0.6) is 0 Å². The molecule has 2 aromatic rings. The maximum Gasteiger partial charge on any atom is 0.253 e. The number of halogens is 1. The van der Waals surface area contributed by atoms with Gasteiger partial charge in [-0.2, -0.15) is 0 Å². The number of rotatable bonds is 8. The van der Waals surface area contributed by atoms with E-state index in [1.165, 1.54) is 12.1 Å². The zero-order chi connectivity index (χ0) is 25.0. The highest BCUT2D eigenvalue weighted by molar-refractivity contribution is 5.97. The highest BCUT2D eigenvalue weighted by Crippen LogP contribution is 2.30. The third kappa shape index (κ3) is 5.87. The van der Waals surface area contributed by atoms with Gasteiger partial charge < -0.3 is 20.5 Å². The molecule has 34 heavy (non-hydrogen) atoms. The molecule has 0 spiro atoms. The monoisotopic (exact) mass is 470 g/mol. The van der Waals surface area contributed by atoms with Gasteiger partial charge in [-0.1, -0.05) is 13.3 Å². The van der Waals surface area contributed by atoms with Crippen LogP contribution >= 0.6 is 0 Å². The smallest absolute Gasteiger partial charge is 0.253 e. The van der Waals surface area contributed by atoms with E-state index in [4.69, 9.17) is 0 Å². The second-order valence-corrected chi connectivity index (χ2v) is 9.70. The Morgan fingerprint density at radius 1 is 1.15 bits per heavy atom. The molecular formula is C27H39FN4O2. The van der Waals surface area contributed by atoms with Crippen molar-refractivity contribution in [3.8, 4) is 0 Å². The summed E-state index contributed by atoms with van der Waals surface area (Å²) in [7, 11) is 0. The van der Waals surface area contributed by atoms with Gasteiger partial charge in [0.1, 0.15) is 5.82 Å². The molecule has 1 aromatic carbocycles. The van der Waals surface area contributed by atoms with Gasteiger partial charge in [0, 0.05) is 53.7 Å². The lowest BCUT2D eigenvalue weighted by Crippen LogP contribution is -2.51. The van der Waals surface area contributed by atoms with Crippen molar-refractivity contribution in [2.45, 2.75) is 91.9 Å². The van der Waals surface area contributed by atoms with Gasteiger partial charge in [0.25, 0.3) is 11.5 Å². The van der Waals surface area contributed by atoms with Crippen LogP contribution in [0.1, 0.15) is 79.7 Å². The molecule has 1 aliphatic heterocycles. The van der Waals surface area contributed by atoms with Crippen molar-refractivity contribution in [3.63, 3.8) is 0 Å². The minimum atomic E-state index is -0.431. The molecule has 1 aromatic heterocycles. The topological polar surface area (TPSA) is 77.2 Å². The Morgan fingerprint density at radius 2 is 1.82 bits per heavy atom. The first-order valence-corrected chi connectivity index (χ1v) is 12.5. The Labute approximate surface area is 202 Å². The van der Waals surface area contributed by atoms with Gasteiger partial charge in [0.15, 0.2) is 0 Å². The molecule has 6 nitrogen and oxygen atoms in total. The number of nitrogens with zero attached hydrogens (tertiary/aromatic N) is 1. The summed E-state index contributed by atoms with van der Waals surface area (Å²) in [6.45, 7) is 13.0. The van der Waals surface area contributed by atoms with Gasteiger partial charge in [0.2, 0.25) is 0 Å². The average molecular weight is 471 g/mol. The Hall–Kier alpha value is -2.67. The van der Waals surface area contributed by atoms with Gasteiger partial charge in [-0.15, -0.1) is 0 Å². The van der Waals surface area contributed by atoms with Crippen molar-refractivity contribution < 1.29 is 9.18 Å². The summed E-state index contributed by atoms with van der Waals surface area (Å²) in [6.07, 6.45) is 3.59. The number of nitrogens with one attached hydrogen (secondary N) is 3. The predicted octanol–water partition coefficient (Wildman–Crippen LogP) is 4.37. The fraction of sp³-hybridized carbons (Fsp3) is 0.556. The SMILES string of the molecule is CCCc1cc(C)[nH]c(=O)c1CNC(=O)c1cc(F)cc(N(CC)C2CC(C)NC(C)C2)c1C. The first-order valence-electron chi connectivity index (χ1n) is 12.5. The number of carbonyl (C=O) groups is 1. The van der Waals surface area contributed by atoms with Crippen LogP contribution < -0.4 is 21.1 Å². The quantitative estimate of drug-likeness (QED) is 0.536. The second kappa shape index (κ2) is 11.2. The van der Waals surface area contributed by atoms with E-state index >= 15 is 0 Å². The minimum Gasteiger partial charge on any atom is -0.368 e. The molecule has 3 rings (SSSR count). The first kappa shape index (κ1) is 25.9. The molecule has 186 valence electrons. The van der Waals surface area contributed by atoms with Crippen molar-refractivity contribution in [1.29, 1.82) is 0 Å². The lowest BCUT2D eigenvalue weighted by molar-refractivity contribution is 0.0949. The van der Waals surface area contributed by atoms with E-state index in [2.05, 4.69) is 48.2 Å². The second-order valence-electron chi connectivity index (χ2n) is 9.70. The average Bonchev–Trinajstić information content (AvgIpc) is 2.75. The summed E-state index contributed by atoms with van der Waals surface area (Å²) in [6, 6.07) is 5.82. The molecule has 7 heteroatoms.